The number of aldehydes is 1. The van der Waals surface area contributed by atoms with E-state index in [1.165, 1.54) is 30.4 Å². The number of aryl methyl sites for hydroxylation is 2. The molecule has 1 amide bonds. The number of benzene rings is 2. The number of amides is 1. The highest BCUT2D eigenvalue weighted by atomic mass is 32.2. The molecule has 0 radical (unpaired) electrons. The lowest BCUT2D eigenvalue weighted by molar-refractivity contribution is -0.129. The van der Waals surface area contributed by atoms with E-state index in [4.69, 9.17) is 0 Å². The van der Waals surface area contributed by atoms with Gasteiger partial charge in [0, 0.05) is 11.8 Å². The van der Waals surface area contributed by atoms with Gasteiger partial charge in [-0.15, -0.1) is 11.8 Å². The molecule has 1 atom stereocenters. The third kappa shape index (κ3) is 6.10. The van der Waals surface area contributed by atoms with Gasteiger partial charge in [-0.25, -0.2) is 0 Å². The second kappa shape index (κ2) is 10.9. The highest BCUT2D eigenvalue weighted by Gasteiger charge is 2.27. The van der Waals surface area contributed by atoms with Gasteiger partial charge in [-0.05, 0) is 48.4 Å². The summed E-state index contributed by atoms with van der Waals surface area (Å²) in [5.74, 6) is 1.20. The molecular formula is C24H27NO2S. The lowest BCUT2D eigenvalue weighted by Gasteiger charge is -2.16. The van der Waals surface area contributed by atoms with E-state index in [-0.39, 0.29) is 11.9 Å². The van der Waals surface area contributed by atoms with E-state index < -0.39 is 0 Å². The van der Waals surface area contributed by atoms with E-state index in [1.54, 1.807) is 22.7 Å². The minimum atomic E-state index is -0.286. The third-order valence-corrected chi connectivity index (χ3v) is 6.07. The molecule has 3 nitrogen and oxygen atoms in total. The highest BCUT2D eigenvalue weighted by Crippen LogP contribution is 2.20. The summed E-state index contributed by atoms with van der Waals surface area (Å²) < 4.78 is 0. The highest BCUT2D eigenvalue weighted by molar-refractivity contribution is 7.99. The van der Waals surface area contributed by atoms with Crippen LogP contribution in [0.1, 0.15) is 36.0 Å². The predicted molar refractivity (Wildman–Crippen MR) is 117 cm³/mol. The summed E-state index contributed by atoms with van der Waals surface area (Å²) in [4.78, 5) is 24.9. The molecule has 0 spiro atoms. The van der Waals surface area contributed by atoms with Crippen molar-refractivity contribution < 1.29 is 9.59 Å². The summed E-state index contributed by atoms with van der Waals surface area (Å²) in [5.41, 5.74) is 3.76. The van der Waals surface area contributed by atoms with Crippen LogP contribution < -0.4 is 0 Å². The van der Waals surface area contributed by atoms with Gasteiger partial charge in [0.25, 0.3) is 0 Å². The summed E-state index contributed by atoms with van der Waals surface area (Å²) in [7, 11) is 0. The second-order valence-electron chi connectivity index (χ2n) is 7.13. The Morgan fingerprint density at radius 2 is 1.64 bits per heavy atom. The van der Waals surface area contributed by atoms with Gasteiger partial charge in [-0.3, -0.25) is 4.79 Å². The Kier molecular flexibility index (Phi) is 7.92. The first-order valence-corrected chi connectivity index (χ1v) is 11.1. The fourth-order valence-corrected chi connectivity index (χ4v) is 4.46. The first-order chi connectivity index (χ1) is 13.8. The first-order valence-electron chi connectivity index (χ1n) is 9.91. The molecule has 2 aromatic rings. The third-order valence-electron chi connectivity index (χ3n) is 5.03. The summed E-state index contributed by atoms with van der Waals surface area (Å²) in [6.07, 6.45) is 10.2. The molecule has 1 fully saturated rings. The average molecular weight is 394 g/mol. The second-order valence-corrected chi connectivity index (χ2v) is 8.13. The van der Waals surface area contributed by atoms with Gasteiger partial charge in [-0.1, -0.05) is 61.0 Å². The largest absolute Gasteiger partial charge is 0.319 e. The lowest BCUT2D eigenvalue weighted by Crippen LogP contribution is -2.36. The SMILES string of the molecule is O=C[C@@H]1CSCN1C(=O)C=Cc1ccc(CCCCCc2ccccc2)cc1. The minimum absolute atomic E-state index is 0.0930. The predicted octanol–water partition coefficient (Wildman–Crippen LogP) is 4.76. The van der Waals surface area contributed by atoms with Crippen LogP contribution >= 0.6 is 11.8 Å². The van der Waals surface area contributed by atoms with Gasteiger partial charge in [0.15, 0.2) is 0 Å². The van der Waals surface area contributed by atoms with Crippen molar-refractivity contribution in [2.45, 2.75) is 38.1 Å². The number of nitrogens with zero attached hydrogens (tertiary/aromatic N) is 1. The summed E-state index contributed by atoms with van der Waals surface area (Å²) in [6.45, 7) is 0. The van der Waals surface area contributed by atoms with E-state index in [2.05, 4.69) is 54.6 Å². The molecule has 2 aromatic carbocycles. The Hall–Kier alpha value is -2.33. The zero-order valence-electron chi connectivity index (χ0n) is 16.1. The van der Waals surface area contributed by atoms with Crippen LogP contribution in [0.15, 0.2) is 60.7 Å². The van der Waals surface area contributed by atoms with Crippen LogP contribution in [0.4, 0.5) is 0 Å². The van der Waals surface area contributed by atoms with Gasteiger partial charge in [-0.2, -0.15) is 0 Å². The van der Waals surface area contributed by atoms with Crippen molar-refractivity contribution in [3.63, 3.8) is 0 Å². The zero-order chi connectivity index (χ0) is 19.6. The lowest BCUT2D eigenvalue weighted by atomic mass is 10.0. The van der Waals surface area contributed by atoms with Crippen molar-refractivity contribution in [3.05, 3.63) is 77.4 Å². The van der Waals surface area contributed by atoms with Crippen molar-refractivity contribution in [3.8, 4) is 0 Å². The molecule has 28 heavy (non-hydrogen) atoms. The molecule has 1 heterocycles. The number of rotatable bonds is 9. The maximum atomic E-state index is 12.2. The van der Waals surface area contributed by atoms with Gasteiger partial charge < -0.3 is 9.69 Å². The average Bonchev–Trinajstić information content (AvgIpc) is 3.22. The molecule has 0 N–H and O–H groups in total. The smallest absolute Gasteiger partial charge is 0.247 e. The Bertz CT molecular complexity index is 786. The minimum Gasteiger partial charge on any atom is -0.319 e. The van der Waals surface area contributed by atoms with Crippen molar-refractivity contribution in [1.82, 2.24) is 4.90 Å². The number of hydrogen-bond donors (Lipinski definition) is 0. The molecule has 0 bridgehead atoms. The monoisotopic (exact) mass is 393 g/mol. The van der Waals surface area contributed by atoms with Crippen molar-refractivity contribution in [2.24, 2.45) is 0 Å². The van der Waals surface area contributed by atoms with Crippen molar-refractivity contribution in [2.75, 3.05) is 11.6 Å². The number of carbonyl (C=O) groups is 2. The molecule has 0 aliphatic carbocycles. The number of unbranched alkanes of at least 4 members (excludes halogenated alkanes) is 2. The molecule has 0 unspecified atom stereocenters. The molecule has 1 saturated heterocycles. The van der Waals surface area contributed by atoms with E-state index >= 15 is 0 Å². The van der Waals surface area contributed by atoms with Gasteiger partial charge >= 0.3 is 0 Å². The van der Waals surface area contributed by atoms with Crippen LogP contribution in [0.2, 0.25) is 0 Å². The summed E-state index contributed by atoms with van der Waals surface area (Å²) in [6, 6.07) is 18.8. The Morgan fingerprint density at radius 3 is 2.32 bits per heavy atom. The standard InChI is InChI=1S/C24H27NO2S/c26-17-23-18-28-19-25(23)24(27)16-15-22-13-11-21(12-14-22)10-6-2-5-9-20-7-3-1-4-8-20/h1,3-4,7-8,11-17,23H,2,5-6,9-10,18-19H2/t23-/m1/s1. The van der Waals surface area contributed by atoms with Crippen LogP contribution in [-0.2, 0) is 22.4 Å². The quantitative estimate of drug-likeness (QED) is 0.350. The van der Waals surface area contributed by atoms with Crippen LogP contribution in [0, 0.1) is 0 Å². The normalized spacial score (nSPS) is 16.6. The van der Waals surface area contributed by atoms with Gasteiger partial charge in [0.2, 0.25) is 5.91 Å². The molecule has 146 valence electrons. The fraction of sp³-hybridized carbons (Fsp3) is 0.333. The van der Waals surface area contributed by atoms with Crippen molar-refractivity contribution in [1.29, 1.82) is 0 Å². The van der Waals surface area contributed by atoms with Crippen LogP contribution in [0.3, 0.4) is 0 Å². The Labute approximate surface area is 171 Å². The first kappa shape index (κ1) is 20.4. The van der Waals surface area contributed by atoms with Crippen molar-refractivity contribution >= 4 is 30.0 Å². The Morgan fingerprint density at radius 1 is 0.964 bits per heavy atom. The van der Waals surface area contributed by atoms with E-state index in [1.807, 2.05) is 6.08 Å². The number of thioether (sulfide) groups is 1. The molecule has 3 rings (SSSR count). The van der Waals surface area contributed by atoms with Crippen LogP contribution in [-0.4, -0.2) is 34.8 Å². The topological polar surface area (TPSA) is 37.4 Å². The maximum Gasteiger partial charge on any atom is 0.247 e. The summed E-state index contributed by atoms with van der Waals surface area (Å²) >= 11 is 1.62. The number of carbonyl (C=O) groups excluding carboxylic acids is 2. The van der Waals surface area contributed by atoms with Gasteiger partial charge in [0.05, 0.1) is 11.9 Å². The molecule has 0 saturated carbocycles. The number of hydrogen-bond acceptors (Lipinski definition) is 3. The van der Waals surface area contributed by atoms with Crippen LogP contribution in [0.25, 0.3) is 6.08 Å². The molecule has 0 aromatic heterocycles. The maximum absolute atomic E-state index is 12.2. The molecule has 1 aliphatic heterocycles. The summed E-state index contributed by atoms with van der Waals surface area (Å²) in [5, 5.41) is 0. The Balaban J connectivity index is 1.39. The van der Waals surface area contributed by atoms with E-state index in [9.17, 15) is 9.59 Å². The molecule has 4 heteroatoms. The molecule has 1 aliphatic rings. The molecular weight excluding hydrogens is 366 g/mol. The zero-order valence-corrected chi connectivity index (χ0v) is 16.9. The van der Waals surface area contributed by atoms with Crippen LogP contribution in [0.5, 0.6) is 0 Å². The van der Waals surface area contributed by atoms with E-state index in [0.29, 0.717) is 11.6 Å². The van der Waals surface area contributed by atoms with E-state index in [0.717, 1.165) is 24.7 Å². The fourth-order valence-electron chi connectivity index (χ4n) is 3.34. The van der Waals surface area contributed by atoms with Gasteiger partial charge in [0.1, 0.15) is 6.29 Å².